The monoisotopic (exact) mass is 785 g/mol. The second-order valence-corrected chi connectivity index (χ2v) is 12.5. The molecule has 1 fully saturated rings. The number of fused-ring (bicyclic) bond motifs is 1. The van der Waals surface area contributed by atoms with Crippen LogP contribution in [0.25, 0.3) is 22.0 Å². The lowest BCUT2D eigenvalue weighted by molar-refractivity contribution is -0.138. The number of aromatic nitrogens is 1. The van der Waals surface area contributed by atoms with Gasteiger partial charge >= 0.3 is 6.18 Å². The summed E-state index contributed by atoms with van der Waals surface area (Å²) in [6.07, 6.45) is -6.38. The first-order valence-corrected chi connectivity index (χ1v) is 16.7. The van der Waals surface area contributed by atoms with Gasteiger partial charge in [0.2, 0.25) is 5.91 Å². The smallest absolute Gasteiger partial charge is 0.383 e. The molecule has 0 bridgehead atoms. The lowest BCUT2D eigenvalue weighted by Gasteiger charge is -2.39. The number of carbonyl (C=O) groups is 1. The van der Waals surface area contributed by atoms with E-state index in [2.05, 4.69) is 0 Å². The van der Waals surface area contributed by atoms with Crippen LogP contribution in [0, 0.1) is 25.5 Å². The van der Waals surface area contributed by atoms with Gasteiger partial charge in [0.1, 0.15) is 6.54 Å². The van der Waals surface area contributed by atoms with Crippen molar-refractivity contribution in [1.29, 1.82) is 0 Å². The third-order valence-corrected chi connectivity index (χ3v) is 8.81. The summed E-state index contributed by atoms with van der Waals surface area (Å²) in [6, 6.07) is -18.9. The molecule has 0 N–H and O–H groups in total. The first kappa shape index (κ1) is 19.9. The summed E-state index contributed by atoms with van der Waals surface area (Å²) >= 11 is -0.370. The molecule has 1 aliphatic rings. The van der Waals surface area contributed by atoms with Crippen molar-refractivity contribution in [3.63, 3.8) is 0 Å². The van der Waals surface area contributed by atoms with Gasteiger partial charge in [-0.3, -0.25) is 9.59 Å². The van der Waals surface area contributed by atoms with E-state index in [1.54, 1.807) is 0 Å². The molecular weight excluding hydrogens is 722 g/mol. The van der Waals surface area contributed by atoms with Crippen LogP contribution in [0.2, 0.25) is 0 Å². The number of rotatable bonds is 12. The fraction of sp³-hybridized carbons (Fsp3) is 0.333. The van der Waals surface area contributed by atoms with Gasteiger partial charge in [0.25, 0.3) is 0 Å². The topological polar surface area (TPSA) is 54.8 Å². The zero-order chi connectivity index (χ0) is 57.9. The summed E-state index contributed by atoms with van der Waals surface area (Å²) in [5.41, 5.74) is -13.3. The summed E-state index contributed by atoms with van der Waals surface area (Å²) in [4.78, 5) is 30.7. The second kappa shape index (κ2) is 16.9. The summed E-state index contributed by atoms with van der Waals surface area (Å²) in [7, 11) is 0.878. The van der Waals surface area contributed by atoms with Crippen molar-refractivity contribution in [3.8, 4) is 11.1 Å². The van der Waals surface area contributed by atoms with Crippen LogP contribution in [-0.2, 0) is 34.5 Å². The molecule has 1 amide bonds. The lowest BCUT2D eigenvalue weighted by atomic mass is 9.97. The molecule has 0 atom stereocenters. The maximum atomic E-state index is 15.6. The molecule has 1 aliphatic heterocycles. The van der Waals surface area contributed by atoms with Gasteiger partial charge in [-0.15, -0.1) is 11.8 Å². The number of halogens is 5. The second-order valence-electron chi connectivity index (χ2n) is 11.7. The van der Waals surface area contributed by atoms with E-state index >= 15 is 9.18 Å². The number of hydrogen-bond donors (Lipinski definition) is 0. The number of alkyl halides is 3. The van der Waals surface area contributed by atoms with Crippen LogP contribution < -0.4 is 5.43 Å². The highest BCUT2D eigenvalue weighted by Gasteiger charge is 2.31. The minimum atomic E-state index is -5.33. The van der Waals surface area contributed by atoms with Gasteiger partial charge in [0.15, 0.2) is 17.1 Å². The number of nitrogens with zero attached hydrogens (tertiary/aromatic N) is 3. The quantitative estimate of drug-likeness (QED) is 0.0935. The third kappa shape index (κ3) is 9.05. The third-order valence-electron chi connectivity index (χ3n) is 7.99. The highest BCUT2D eigenvalue weighted by atomic mass is 32.2. The van der Waals surface area contributed by atoms with Crippen molar-refractivity contribution in [2.24, 2.45) is 0 Å². The maximum absolute atomic E-state index is 15.6. The van der Waals surface area contributed by atoms with Gasteiger partial charge in [0, 0.05) is 67.4 Å². The fourth-order valence-corrected chi connectivity index (χ4v) is 6.13. The maximum Gasteiger partial charge on any atom is 0.416 e. The van der Waals surface area contributed by atoms with Crippen LogP contribution in [0.5, 0.6) is 0 Å². The van der Waals surface area contributed by atoms with Gasteiger partial charge in [-0.1, -0.05) is 53.9 Å². The van der Waals surface area contributed by atoms with E-state index in [9.17, 15) is 25.1 Å². The molecule has 4 aromatic carbocycles. The standard InChI is InChI=1S/C42H42F5N3O3S/c1-27-7-14-37-35(21-27)38(51)23-40(54-26-31-5-4-6-36(43)41(31)44)50(37)25-39(52)49(33-15-17-48(18-16-33)19-20-53-3)24-29-8-10-30(11-9-29)34-13-12-32(22-28(34)2)42(45,46)47/h4-14,21-23,33H,15-20,24-26H2,1-3H3/i4D,5D,6D,7D,8D,9D,10D,11D,12D,13D,14D,19D2,20D2,21D,22D,23D,24D2,26D2. The largest absolute Gasteiger partial charge is 0.416 e. The Morgan fingerprint density at radius 2 is 1.74 bits per heavy atom. The Hall–Kier alpha value is -4.52. The number of methoxy groups -OCH3 is 1. The van der Waals surface area contributed by atoms with E-state index in [4.69, 9.17) is 32.2 Å². The molecule has 5 aromatic rings. The molecule has 0 radical (unpaired) electrons. The van der Waals surface area contributed by atoms with Crippen LogP contribution >= 0.6 is 11.8 Å². The number of likely N-dealkylation sites (tertiary alicyclic amines) is 1. The SMILES string of the molecule is [2H]c1c([2H])c(F)c(F)c(C([2H])([2H])Sc2c([2H])c(=O)c3c([2H])c(C)c([2H])c([2H])c3n2CC(=O)N(C2CCN(C([2H])([2H])C([2H])([2H])OC)CC2)C([2H])([2H])c2c([2H])c([2H])c(-c3c([2H])c([2H])c(C(F)(F)F)c([2H])c3C)c([2H])c2[2H])c1[2H]. The van der Waals surface area contributed by atoms with Gasteiger partial charge in [-0.2, -0.15) is 13.2 Å². The minimum absolute atomic E-state index is 0.311. The number of carbonyl (C=O) groups excluding carboxylic acids is 1. The summed E-state index contributed by atoms with van der Waals surface area (Å²) in [6.45, 7) is -10.1. The van der Waals surface area contributed by atoms with Gasteiger partial charge in [-0.25, -0.2) is 8.78 Å². The first-order valence-electron chi connectivity index (χ1n) is 26.9. The number of benzene rings is 4. The van der Waals surface area contributed by atoms with E-state index in [1.165, 1.54) is 0 Å². The Morgan fingerprint density at radius 3 is 2.44 bits per heavy atom. The van der Waals surface area contributed by atoms with Crippen LogP contribution in [0.15, 0.2) is 94.4 Å². The van der Waals surface area contributed by atoms with E-state index in [0.29, 0.717) is 9.47 Å². The number of amides is 1. The zero-order valence-electron chi connectivity index (χ0n) is 50.5. The lowest BCUT2D eigenvalue weighted by Crippen LogP contribution is -2.48. The predicted molar refractivity (Wildman–Crippen MR) is 202 cm³/mol. The Balaban J connectivity index is 1.65. The van der Waals surface area contributed by atoms with E-state index in [1.807, 2.05) is 0 Å². The van der Waals surface area contributed by atoms with Crippen molar-refractivity contribution >= 4 is 28.6 Å². The number of hydrogen-bond acceptors (Lipinski definition) is 5. The van der Waals surface area contributed by atoms with Crippen molar-refractivity contribution in [1.82, 2.24) is 14.4 Å². The fourth-order valence-electron chi connectivity index (χ4n) is 5.38. The van der Waals surface area contributed by atoms with E-state index in [0.717, 1.165) is 25.9 Å². The Bertz CT molecular complexity index is 3250. The molecule has 1 aromatic heterocycles. The molecule has 54 heavy (non-hydrogen) atoms. The molecule has 6 rings (SSSR count). The average molecular weight is 786 g/mol. The van der Waals surface area contributed by atoms with Crippen LogP contribution in [0.1, 0.15) is 70.8 Å². The molecule has 284 valence electrons. The van der Waals surface area contributed by atoms with E-state index < -0.39 is 227 Å². The molecular formula is C42H42F5N3O3S. The first-order chi connectivity index (χ1) is 34.7. The van der Waals surface area contributed by atoms with E-state index in [-0.39, 0.29) is 17.3 Å². The van der Waals surface area contributed by atoms with Crippen molar-refractivity contribution in [3.05, 3.63) is 134 Å². The predicted octanol–water partition coefficient (Wildman–Crippen LogP) is 9.01. The summed E-state index contributed by atoms with van der Waals surface area (Å²) in [5, 5.41) is -1.91. The van der Waals surface area contributed by atoms with Crippen molar-refractivity contribution < 1.29 is 61.6 Å². The summed E-state index contributed by atoms with van der Waals surface area (Å²) < 4.78 is 268. The Kier molecular flexibility index (Phi) is 6.21. The molecule has 0 saturated carbocycles. The Morgan fingerprint density at radius 1 is 1.00 bits per heavy atom. The zero-order valence-corrected chi connectivity index (χ0v) is 29.3. The summed E-state index contributed by atoms with van der Waals surface area (Å²) in [5.74, 6) is -5.81. The van der Waals surface area contributed by atoms with Gasteiger partial charge < -0.3 is 19.1 Å². The molecule has 0 spiro atoms. The minimum Gasteiger partial charge on any atom is -0.383 e. The number of thioether (sulfide) groups is 1. The number of ether oxygens (including phenoxy) is 1. The van der Waals surface area contributed by atoms with Gasteiger partial charge in [-0.05, 0) is 79.2 Å². The van der Waals surface area contributed by atoms with Gasteiger partial charge in [0.05, 0.1) is 47.3 Å². The van der Waals surface area contributed by atoms with Crippen LogP contribution in [0.3, 0.4) is 0 Å². The highest BCUT2D eigenvalue weighted by molar-refractivity contribution is 7.98. The van der Waals surface area contributed by atoms with Crippen LogP contribution in [0.4, 0.5) is 22.0 Å². The molecule has 0 unspecified atom stereocenters. The molecule has 1 saturated heterocycles. The van der Waals surface area contributed by atoms with Crippen molar-refractivity contribution in [2.45, 2.75) is 62.7 Å². The van der Waals surface area contributed by atoms with Crippen LogP contribution in [-0.4, -0.2) is 59.6 Å². The molecule has 12 heteroatoms. The average Bonchev–Trinajstić information content (AvgIpc) is 3.32. The number of piperidine rings is 1. The molecule has 2 heterocycles. The molecule has 0 aliphatic carbocycles. The van der Waals surface area contributed by atoms with Crippen molar-refractivity contribution in [2.75, 3.05) is 33.3 Å². The molecule has 6 nitrogen and oxygen atoms in total. The normalized spacial score (nSPS) is 21.0. The number of pyridine rings is 1. The highest BCUT2D eigenvalue weighted by Crippen LogP contribution is 2.34. The Labute approximate surface area is 346 Å².